The zero-order chi connectivity index (χ0) is 13.6. The van der Waals surface area contributed by atoms with E-state index >= 15 is 0 Å². The van der Waals surface area contributed by atoms with Gasteiger partial charge in [-0.2, -0.15) is 0 Å². The monoisotopic (exact) mass is 252 g/mol. The van der Waals surface area contributed by atoms with Crippen LogP contribution in [-0.2, 0) is 6.61 Å². The summed E-state index contributed by atoms with van der Waals surface area (Å²) in [7, 11) is 0. The van der Waals surface area contributed by atoms with Crippen LogP contribution in [-0.4, -0.2) is 22.8 Å². The first kappa shape index (κ1) is 14.3. The van der Waals surface area contributed by atoms with Gasteiger partial charge < -0.3 is 20.8 Å². The fourth-order valence-corrected chi connectivity index (χ4v) is 1.42. The van der Waals surface area contributed by atoms with Crippen LogP contribution in [0.15, 0.2) is 29.4 Å². The van der Waals surface area contributed by atoms with Gasteiger partial charge in [0.1, 0.15) is 11.6 Å². The molecule has 0 bridgehead atoms. The van der Waals surface area contributed by atoms with Crippen molar-refractivity contribution >= 4 is 5.84 Å². The minimum Gasteiger partial charge on any atom is -0.494 e. The molecule has 0 radical (unpaired) electrons. The number of benzene rings is 1. The minimum absolute atomic E-state index is 0.00713. The Bertz CT molecular complexity index is 416. The van der Waals surface area contributed by atoms with Gasteiger partial charge in [0.25, 0.3) is 0 Å². The average molecular weight is 252 g/mol. The third-order valence-electron chi connectivity index (χ3n) is 2.88. The summed E-state index contributed by atoms with van der Waals surface area (Å²) in [5, 5.41) is 20.7. The van der Waals surface area contributed by atoms with E-state index in [1.807, 2.05) is 32.0 Å². The molecule has 0 spiro atoms. The lowest BCUT2D eigenvalue weighted by atomic mass is 9.88. The summed E-state index contributed by atoms with van der Waals surface area (Å²) in [6.45, 7) is 4.22. The third kappa shape index (κ3) is 3.92. The van der Waals surface area contributed by atoms with E-state index in [9.17, 15) is 0 Å². The molecule has 0 heterocycles. The highest BCUT2D eigenvalue weighted by Gasteiger charge is 2.23. The number of amidine groups is 1. The van der Waals surface area contributed by atoms with Crippen molar-refractivity contribution in [1.82, 2.24) is 0 Å². The highest BCUT2D eigenvalue weighted by atomic mass is 16.5. The standard InChI is InChI=1S/C13H20N2O3/c1-13(2,12(14)15-17)6-7-18-11-5-3-4-10(8-11)9-16/h3-5,8,16-17H,6-7,9H2,1-2H3,(H2,14,15). The van der Waals surface area contributed by atoms with Crippen molar-refractivity contribution < 1.29 is 15.1 Å². The molecule has 0 aliphatic rings. The molecule has 0 aliphatic carbocycles. The Balaban J connectivity index is 2.51. The number of rotatable bonds is 6. The SMILES string of the molecule is CC(C)(CCOc1cccc(CO)c1)C(N)=NO. The number of aliphatic hydroxyl groups excluding tert-OH is 1. The van der Waals surface area contributed by atoms with Crippen LogP contribution in [0.25, 0.3) is 0 Å². The summed E-state index contributed by atoms with van der Waals surface area (Å²) < 4.78 is 5.58. The Hall–Kier alpha value is -1.75. The van der Waals surface area contributed by atoms with Gasteiger partial charge in [-0.05, 0) is 24.1 Å². The van der Waals surface area contributed by atoms with Gasteiger partial charge in [0.05, 0.1) is 13.2 Å². The number of oxime groups is 1. The molecule has 4 N–H and O–H groups in total. The van der Waals surface area contributed by atoms with Gasteiger partial charge in [-0.1, -0.05) is 31.1 Å². The number of nitrogens with two attached hydrogens (primary N) is 1. The third-order valence-corrected chi connectivity index (χ3v) is 2.88. The quantitative estimate of drug-likeness (QED) is 0.311. The zero-order valence-electron chi connectivity index (χ0n) is 10.8. The van der Waals surface area contributed by atoms with Crippen LogP contribution in [0.2, 0.25) is 0 Å². The number of nitrogens with zero attached hydrogens (tertiary/aromatic N) is 1. The molecule has 0 saturated carbocycles. The van der Waals surface area contributed by atoms with Gasteiger partial charge in [-0.3, -0.25) is 0 Å². The van der Waals surface area contributed by atoms with Crippen LogP contribution < -0.4 is 10.5 Å². The number of ether oxygens (including phenoxy) is 1. The molecule has 0 saturated heterocycles. The Labute approximate surface area is 107 Å². The molecular formula is C13H20N2O3. The van der Waals surface area contributed by atoms with Gasteiger partial charge >= 0.3 is 0 Å². The molecule has 1 rings (SSSR count). The molecule has 5 nitrogen and oxygen atoms in total. The highest BCUT2D eigenvalue weighted by molar-refractivity contribution is 5.85. The first-order valence-electron chi connectivity index (χ1n) is 5.80. The van der Waals surface area contributed by atoms with Crippen molar-refractivity contribution in [3.8, 4) is 5.75 Å². The lowest BCUT2D eigenvalue weighted by Crippen LogP contribution is -2.33. The van der Waals surface area contributed by atoms with Gasteiger partial charge in [0, 0.05) is 5.41 Å². The first-order chi connectivity index (χ1) is 8.49. The highest BCUT2D eigenvalue weighted by Crippen LogP contribution is 2.21. The number of hydrogen-bond acceptors (Lipinski definition) is 4. The zero-order valence-corrected chi connectivity index (χ0v) is 10.8. The maximum Gasteiger partial charge on any atom is 0.144 e. The molecule has 0 aliphatic heterocycles. The predicted molar refractivity (Wildman–Crippen MR) is 69.7 cm³/mol. The second-order valence-electron chi connectivity index (χ2n) is 4.77. The topological polar surface area (TPSA) is 88.1 Å². The molecule has 18 heavy (non-hydrogen) atoms. The molecular weight excluding hydrogens is 232 g/mol. The molecule has 0 fully saturated rings. The van der Waals surface area contributed by atoms with Crippen molar-refractivity contribution in [2.45, 2.75) is 26.9 Å². The van der Waals surface area contributed by atoms with E-state index in [2.05, 4.69) is 5.16 Å². The van der Waals surface area contributed by atoms with Crippen molar-refractivity contribution in [2.24, 2.45) is 16.3 Å². The number of hydrogen-bond donors (Lipinski definition) is 3. The minimum atomic E-state index is -0.413. The lowest BCUT2D eigenvalue weighted by Gasteiger charge is -2.22. The van der Waals surface area contributed by atoms with E-state index in [-0.39, 0.29) is 12.4 Å². The van der Waals surface area contributed by atoms with Gasteiger partial charge in [0.15, 0.2) is 0 Å². The largest absolute Gasteiger partial charge is 0.494 e. The normalized spacial score (nSPS) is 12.5. The van der Waals surface area contributed by atoms with Gasteiger partial charge in [-0.15, -0.1) is 0 Å². The van der Waals surface area contributed by atoms with Gasteiger partial charge in [-0.25, -0.2) is 0 Å². The van der Waals surface area contributed by atoms with E-state index in [0.29, 0.717) is 18.8 Å². The van der Waals surface area contributed by atoms with Gasteiger partial charge in [0.2, 0.25) is 0 Å². The maximum absolute atomic E-state index is 9.01. The fraction of sp³-hybridized carbons (Fsp3) is 0.462. The summed E-state index contributed by atoms with van der Waals surface area (Å²) in [4.78, 5) is 0. The summed E-state index contributed by atoms with van der Waals surface area (Å²) >= 11 is 0. The van der Waals surface area contributed by atoms with Crippen LogP contribution in [0.4, 0.5) is 0 Å². The summed E-state index contributed by atoms with van der Waals surface area (Å²) in [6.07, 6.45) is 0.631. The van der Waals surface area contributed by atoms with Crippen LogP contribution in [0.5, 0.6) is 5.75 Å². The van der Waals surface area contributed by atoms with Crippen LogP contribution in [0.3, 0.4) is 0 Å². The van der Waals surface area contributed by atoms with E-state index in [1.54, 1.807) is 6.07 Å². The van der Waals surface area contributed by atoms with Crippen molar-refractivity contribution in [2.75, 3.05) is 6.61 Å². The first-order valence-corrected chi connectivity index (χ1v) is 5.80. The van der Waals surface area contributed by atoms with E-state index in [4.69, 9.17) is 20.8 Å². The molecule has 1 aromatic rings. The molecule has 0 atom stereocenters. The Morgan fingerprint density at radius 1 is 1.44 bits per heavy atom. The lowest BCUT2D eigenvalue weighted by molar-refractivity contribution is 0.257. The fourth-order valence-electron chi connectivity index (χ4n) is 1.42. The van der Waals surface area contributed by atoms with E-state index in [0.717, 1.165) is 5.56 Å². The van der Waals surface area contributed by atoms with Crippen LogP contribution in [0.1, 0.15) is 25.8 Å². The average Bonchev–Trinajstić information content (AvgIpc) is 2.37. The van der Waals surface area contributed by atoms with E-state index < -0.39 is 5.41 Å². The van der Waals surface area contributed by atoms with Crippen molar-refractivity contribution in [3.63, 3.8) is 0 Å². The second-order valence-corrected chi connectivity index (χ2v) is 4.77. The molecule has 0 amide bonds. The Morgan fingerprint density at radius 2 is 2.17 bits per heavy atom. The van der Waals surface area contributed by atoms with Crippen LogP contribution >= 0.6 is 0 Å². The van der Waals surface area contributed by atoms with Crippen LogP contribution in [0, 0.1) is 5.41 Å². The predicted octanol–water partition coefficient (Wildman–Crippen LogP) is 1.72. The molecule has 0 aromatic heterocycles. The van der Waals surface area contributed by atoms with Crippen molar-refractivity contribution in [1.29, 1.82) is 0 Å². The Morgan fingerprint density at radius 3 is 2.78 bits per heavy atom. The maximum atomic E-state index is 9.01. The molecule has 1 aromatic carbocycles. The summed E-state index contributed by atoms with van der Waals surface area (Å²) in [6, 6.07) is 7.27. The molecule has 5 heteroatoms. The van der Waals surface area contributed by atoms with E-state index in [1.165, 1.54) is 0 Å². The summed E-state index contributed by atoms with van der Waals surface area (Å²) in [5.74, 6) is 0.895. The van der Waals surface area contributed by atoms with Crippen molar-refractivity contribution in [3.05, 3.63) is 29.8 Å². The number of aliphatic hydroxyl groups is 1. The second kappa shape index (κ2) is 6.26. The molecule has 100 valence electrons. The summed E-state index contributed by atoms with van der Waals surface area (Å²) in [5.41, 5.74) is 5.98. The Kier molecular flexibility index (Phi) is 4.97. The molecule has 0 unspecified atom stereocenters. The smallest absolute Gasteiger partial charge is 0.144 e.